The van der Waals surface area contributed by atoms with E-state index < -0.39 is 0 Å². The molecule has 1 aromatic heterocycles. The third-order valence-corrected chi connectivity index (χ3v) is 2.56. The summed E-state index contributed by atoms with van der Waals surface area (Å²) in [6, 6.07) is 0.151. The van der Waals surface area contributed by atoms with E-state index in [0.717, 1.165) is 17.7 Å². The van der Waals surface area contributed by atoms with Gasteiger partial charge >= 0.3 is 0 Å². The highest BCUT2D eigenvalue weighted by atomic mass is 16.5. The second-order valence-corrected chi connectivity index (χ2v) is 4.33. The molecule has 0 spiro atoms. The average molecular weight is 253 g/mol. The summed E-state index contributed by atoms with van der Waals surface area (Å²) in [5, 5.41) is 7.43. The van der Waals surface area contributed by atoms with Crippen molar-refractivity contribution in [3.05, 3.63) is 17.5 Å². The molecule has 0 amide bonds. The number of guanidine groups is 1. The molecule has 0 aliphatic rings. The number of rotatable bonds is 6. The van der Waals surface area contributed by atoms with Gasteiger partial charge in [0.15, 0.2) is 5.96 Å². The third kappa shape index (κ3) is 4.37. The molecule has 3 N–H and O–H groups in total. The van der Waals surface area contributed by atoms with Gasteiger partial charge in [-0.05, 0) is 13.3 Å². The number of aliphatic imine (C=N–C) groups is 1. The first-order valence-corrected chi connectivity index (χ1v) is 6.13. The molecule has 6 nitrogen and oxygen atoms in total. The number of aromatic nitrogens is 2. The quantitative estimate of drug-likeness (QED) is 0.569. The monoisotopic (exact) mass is 253 g/mol. The molecule has 102 valence electrons. The molecule has 0 aliphatic heterocycles. The van der Waals surface area contributed by atoms with Crippen molar-refractivity contribution >= 4 is 5.96 Å². The molecule has 1 rings (SSSR count). The Kier molecular flexibility index (Phi) is 5.64. The van der Waals surface area contributed by atoms with Gasteiger partial charge < -0.3 is 15.8 Å². The molecule has 1 unspecified atom stereocenters. The molecule has 0 radical (unpaired) electrons. The summed E-state index contributed by atoms with van der Waals surface area (Å²) >= 11 is 0. The van der Waals surface area contributed by atoms with Crippen molar-refractivity contribution in [3.63, 3.8) is 0 Å². The minimum Gasteiger partial charge on any atom is -0.383 e. The normalized spacial score (nSPS) is 13.7. The maximum atomic E-state index is 5.81. The third-order valence-electron chi connectivity index (χ3n) is 2.56. The first-order valence-electron chi connectivity index (χ1n) is 6.13. The van der Waals surface area contributed by atoms with Gasteiger partial charge in [-0.3, -0.25) is 4.68 Å². The number of aryl methyl sites for hydroxylation is 2. The first-order chi connectivity index (χ1) is 8.56. The van der Waals surface area contributed by atoms with Crippen molar-refractivity contribution in [1.29, 1.82) is 0 Å². The van der Waals surface area contributed by atoms with Crippen LogP contribution in [0.25, 0.3) is 0 Å². The van der Waals surface area contributed by atoms with Gasteiger partial charge in [0.05, 0.1) is 18.8 Å². The molecule has 6 heteroatoms. The van der Waals surface area contributed by atoms with E-state index in [1.807, 2.05) is 20.2 Å². The molecular formula is C12H23N5O. The summed E-state index contributed by atoms with van der Waals surface area (Å²) in [5.41, 5.74) is 7.99. The van der Waals surface area contributed by atoms with Gasteiger partial charge in [0.2, 0.25) is 0 Å². The average Bonchev–Trinajstić information content (AvgIpc) is 2.67. The van der Waals surface area contributed by atoms with Crippen LogP contribution in [0.15, 0.2) is 11.2 Å². The smallest absolute Gasteiger partial charge is 0.189 e. The van der Waals surface area contributed by atoms with Crippen molar-refractivity contribution in [2.45, 2.75) is 32.9 Å². The highest BCUT2D eigenvalue weighted by Gasteiger charge is 2.06. The lowest BCUT2D eigenvalue weighted by molar-refractivity contribution is 0.179. The highest BCUT2D eigenvalue weighted by molar-refractivity contribution is 5.78. The molecule has 0 saturated heterocycles. The van der Waals surface area contributed by atoms with Crippen LogP contribution in [-0.2, 0) is 24.8 Å². The van der Waals surface area contributed by atoms with Crippen LogP contribution in [0.5, 0.6) is 0 Å². The molecule has 0 bridgehead atoms. The fourth-order valence-corrected chi connectivity index (χ4v) is 1.77. The minimum absolute atomic E-state index is 0.151. The molecule has 0 saturated carbocycles. The summed E-state index contributed by atoms with van der Waals surface area (Å²) in [7, 11) is 3.57. The zero-order valence-corrected chi connectivity index (χ0v) is 11.6. The molecule has 1 heterocycles. The lowest BCUT2D eigenvalue weighted by Crippen LogP contribution is -2.40. The van der Waals surface area contributed by atoms with Crippen molar-refractivity contribution in [3.8, 4) is 0 Å². The zero-order chi connectivity index (χ0) is 13.5. The van der Waals surface area contributed by atoms with E-state index in [1.165, 1.54) is 0 Å². The number of methoxy groups -OCH3 is 1. The van der Waals surface area contributed by atoms with Crippen LogP contribution in [-0.4, -0.2) is 35.5 Å². The van der Waals surface area contributed by atoms with Gasteiger partial charge in [0.1, 0.15) is 0 Å². The summed E-state index contributed by atoms with van der Waals surface area (Å²) in [6.45, 7) is 5.23. The van der Waals surface area contributed by atoms with Crippen LogP contribution in [0.4, 0.5) is 0 Å². The van der Waals surface area contributed by atoms with Crippen LogP contribution < -0.4 is 11.1 Å². The summed E-state index contributed by atoms with van der Waals surface area (Å²) in [6.07, 6.45) is 2.88. The fourth-order valence-electron chi connectivity index (χ4n) is 1.77. The lowest BCUT2D eigenvalue weighted by Gasteiger charge is -2.12. The SMILES string of the molecule is CCc1nn(C)cc1CN=C(N)NC(C)COC. The number of hydrogen-bond acceptors (Lipinski definition) is 3. The van der Waals surface area contributed by atoms with E-state index >= 15 is 0 Å². The van der Waals surface area contributed by atoms with Gasteiger partial charge in [0.25, 0.3) is 0 Å². The Bertz CT molecular complexity index is 399. The Balaban J connectivity index is 2.56. The van der Waals surface area contributed by atoms with Gasteiger partial charge in [-0.2, -0.15) is 5.10 Å². The Hall–Kier alpha value is -1.56. The predicted molar refractivity (Wildman–Crippen MR) is 72.4 cm³/mol. The summed E-state index contributed by atoms with van der Waals surface area (Å²) < 4.78 is 6.83. The van der Waals surface area contributed by atoms with Gasteiger partial charge in [-0.15, -0.1) is 0 Å². The van der Waals surface area contributed by atoms with E-state index in [2.05, 4.69) is 22.3 Å². The Morgan fingerprint density at radius 2 is 2.39 bits per heavy atom. The van der Waals surface area contributed by atoms with E-state index in [4.69, 9.17) is 10.5 Å². The van der Waals surface area contributed by atoms with Crippen molar-refractivity contribution in [1.82, 2.24) is 15.1 Å². The summed E-state index contributed by atoms with van der Waals surface area (Å²) in [5.74, 6) is 0.436. The van der Waals surface area contributed by atoms with E-state index in [1.54, 1.807) is 11.8 Å². The number of ether oxygens (including phenoxy) is 1. The maximum Gasteiger partial charge on any atom is 0.189 e. The topological polar surface area (TPSA) is 77.5 Å². The molecule has 0 aromatic carbocycles. The molecule has 0 fully saturated rings. The predicted octanol–water partition coefficient (Wildman–Crippen LogP) is 0.422. The van der Waals surface area contributed by atoms with Crippen LogP contribution in [0, 0.1) is 0 Å². The lowest BCUT2D eigenvalue weighted by atomic mass is 10.2. The largest absolute Gasteiger partial charge is 0.383 e. The van der Waals surface area contributed by atoms with Crippen LogP contribution in [0.1, 0.15) is 25.1 Å². The van der Waals surface area contributed by atoms with Gasteiger partial charge in [0, 0.05) is 32.0 Å². The molecule has 0 aliphatic carbocycles. The van der Waals surface area contributed by atoms with E-state index in [9.17, 15) is 0 Å². The van der Waals surface area contributed by atoms with Crippen LogP contribution in [0.3, 0.4) is 0 Å². The van der Waals surface area contributed by atoms with Gasteiger partial charge in [-0.25, -0.2) is 4.99 Å². The Morgan fingerprint density at radius 3 is 3.00 bits per heavy atom. The number of nitrogens with two attached hydrogens (primary N) is 1. The standard InChI is InChI=1S/C12H23N5O/c1-5-11-10(7-17(3)16-11)6-14-12(13)15-9(2)8-18-4/h7,9H,5-6,8H2,1-4H3,(H3,13,14,15). The van der Waals surface area contributed by atoms with Crippen molar-refractivity contribution in [2.24, 2.45) is 17.8 Å². The Morgan fingerprint density at radius 1 is 1.67 bits per heavy atom. The zero-order valence-electron chi connectivity index (χ0n) is 11.6. The highest BCUT2D eigenvalue weighted by Crippen LogP contribution is 2.08. The molecule has 18 heavy (non-hydrogen) atoms. The Labute approximate surface area is 108 Å². The second kappa shape index (κ2) is 7.00. The van der Waals surface area contributed by atoms with E-state index in [-0.39, 0.29) is 6.04 Å². The minimum atomic E-state index is 0.151. The van der Waals surface area contributed by atoms with Crippen molar-refractivity contribution in [2.75, 3.05) is 13.7 Å². The summed E-state index contributed by atoms with van der Waals surface area (Å²) in [4.78, 5) is 4.31. The fraction of sp³-hybridized carbons (Fsp3) is 0.667. The van der Waals surface area contributed by atoms with E-state index in [0.29, 0.717) is 19.1 Å². The second-order valence-electron chi connectivity index (χ2n) is 4.33. The number of nitrogens with zero attached hydrogens (tertiary/aromatic N) is 3. The molecular weight excluding hydrogens is 230 g/mol. The van der Waals surface area contributed by atoms with Crippen LogP contribution >= 0.6 is 0 Å². The van der Waals surface area contributed by atoms with Crippen LogP contribution in [0.2, 0.25) is 0 Å². The number of hydrogen-bond donors (Lipinski definition) is 2. The molecule has 1 atom stereocenters. The number of nitrogens with one attached hydrogen (secondary N) is 1. The van der Waals surface area contributed by atoms with Crippen molar-refractivity contribution < 1.29 is 4.74 Å². The maximum absolute atomic E-state index is 5.81. The molecule has 1 aromatic rings. The van der Waals surface area contributed by atoms with Gasteiger partial charge in [-0.1, -0.05) is 6.92 Å². The first kappa shape index (κ1) is 14.5.